The van der Waals surface area contributed by atoms with Crippen LogP contribution in [0.1, 0.15) is 77.0 Å². The number of nitrogens with zero attached hydrogens (tertiary/aromatic N) is 1. The molecule has 0 aromatic heterocycles. The fourth-order valence-electron chi connectivity index (χ4n) is 5.92. The molecule has 0 N–H and O–H groups in total. The van der Waals surface area contributed by atoms with Gasteiger partial charge in [0.2, 0.25) is 0 Å². The Kier molecular flexibility index (Phi) is 3.62. The van der Waals surface area contributed by atoms with E-state index in [0.29, 0.717) is 17.9 Å². The summed E-state index contributed by atoms with van der Waals surface area (Å²) in [7, 11) is 0. The molecule has 2 heteroatoms. The number of carbonyl (C=O) groups is 1. The van der Waals surface area contributed by atoms with Crippen LogP contribution in [0.15, 0.2) is 0 Å². The third-order valence-corrected chi connectivity index (χ3v) is 6.62. The molecule has 0 aromatic carbocycles. The number of hydrogen-bond donors (Lipinski definition) is 0. The Balaban J connectivity index is 1.53. The van der Waals surface area contributed by atoms with Gasteiger partial charge in [0.15, 0.2) is 0 Å². The zero-order chi connectivity index (χ0) is 13.5. The van der Waals surface area contributed by atoms with Crippen molar-refractivity contribution >= 4 is 5.78 Å². The van der Waals surface area contributed by atoms with E-state index in [4.69, 9.17) is 0 Å². The van der Waals surface area contributed by atoms with Crippen molar-refractivity contribution in [3.05, 3.63) is 0 Å². The minimum absolute atomic E-state index is 0.546. The zero-order valence-electron chi connectivity index (χ0n) is 12.7. The average molecular weight is 275 g/mol. The lowest BCUT2D eigenvalue weighted by Gasteiger charge is -2.52. The average Bonchev–Trinajstić information content (AvgIpc) is 2.58. The number of Topliss-reactive ketones (excluding diaryl/α,β-unsaturated/α-hetero) is 1. The highest BCUT2D eigenvalue weighted by Gasteiger charge is 2.43. The molecule has 2 nitrogen and oxygen atoms in total. The van der Waals surface area contributed by atoms with E-state index in [-0.39, 0.29) is 0 Å². The summed E-state index contributed by atoms with van der Waals surface area (Å²) >= 11 is 0. The van der Waals surface area contributed by atoms with Crippen molar-refractivity contribution in [3.63, 3.8) is 0 Å². The van der Waals surface area contributed by atoms with Crippen molar-refractivity contribution in [2.45, 2.75) is 95.2 Å². The minimum Gasteiger partial charge on any atom is -0.300 e. The van der Waals surface area contributed by atoms with Gasteiger partial charge in [-0.15, -0.1) is 0 Å². The van der Waals surface area contributed by atoms with Crippen molar-refractivity contribution in [1.82, 2.24) is 4.90 Å². The Labute approximate surface area is 123 Å². The van der Waals surface area contributed by atoms with Crippen LogP contribution in [0.2, 0.25) is 0 Å². The molecule has 4 aliphatic rings. The third-order valence-electron chi connectivity index (χ3n) is 6.62. The van der Waals surface area contributed by atoms with Gasteiger partial charge in [0, 0.05) is 31.0 Å². The molecule has 2 saturated carbocycles. The smallest absolute Gasteiger partial charge is 0.136 e. The van der Waals surface area contributed by atoms with E-state index >= 15 is 0 Å². The summed E-state index contributed by atoms with van der Waals surface area (Å²) in [6, 6.07) is 2.04. The Morgan fingerprint density at radius 2 is 1.30 bits per heavy atom. The van der Waals surface area contributed by atoms with E-state index < -0.39 is 0 Å². The van der Waals surface area contributed by atoms with Crippen molar-refractivity contribution in [2.75, 3.05) is 0 Å². The number of hydrogen-bond acceptors (Lipinski definition) is 2. The molecule has 4 rings (SSSR count). The van der Waals surface area contributed by atoms with E-state index in [1.165, 1.54) is 64.2 Å². The first kappa shape index (κ1) is 13.3. The summed E-state index contributed by atoms with van der Waals surface area (Å²) < 4.78 is 0. The molecule has 0 aromatic rings. The molecule has 4 fully saturated rings. The molecule has 0 radical (unpaired) electrons. The molecule has 0 spiro atoms. The molecule has 2 heterocycles. The maximum Gasteiger partial charge on any atom is 0.136 e. The van der Waals surface area contributed by atoms with Crippen molar-refractivity contribution in [2.24, 2.45) is 11.8 Å². The van der Waals surface area contributed by atoms with E-state index in [9.17, 15) is 4.79 Å². The lowest BCUT2D eigenvalue weighted by atomic mass is 9.74. The summed E-state index contributed by atoms with van der Waals surface area (Å²) in [5.41, 5.74) is 0. The molecule has 2 saturated heterocycles. The van der Waals surface area contributed by atoms with Crippen LogP contribution in [0.4, 0.5) is 0 Å². The number of piperidine rings is 2. The standard InChI is InChI=1S/C18H29NO/c20-18-11-15-6-3-7-16(12-18)19(15)17-9-13-4-1-2-5-14(8-13)10-17/h13-17H,1-12H2/t13?,14?,15-,16+,17?. The predicted octanol–water partition coefficient (Wildman–Crippen LogP) is 3.93. The van der Waals surface area contributed by atoms with E-state index in [1.807, 2.05) is 0 Å². The Morgan fingerprint density at radius 3 is 1.90 bits per heavy atom. The first-order valence-electron chi connectivity index (χ1n) is 9.08. The lowest BCUT2D eigenvalue weighted by molar-refractivity contribution is -0.130. The second-order valence-corrected chi connectivity index (χ2v) is 8.01. The summed E-state index contributed by atoms with van der Waals surface area (Å²) in [5.74, 6) is 2.54. The molecule has 112 valence electrons. The molecule has 4 atom stereocenters. The first-order chi connectivity index (χ1) is 9.79. The monoisotopic (exact) mass is 275 g/mol. The Bertz CT molecular complexity index is 350. The first-order valence-corrected chi connectivity index (χ1v) is 9.08. The Hall–Kier alpha value is -0.370. The highest BCUT2D eigenvalue weighted by Crippen LogP contribution is 2.44. The van der Waals surface area contributed by atoms with Crippen LogP contribution < -0.4 is 0 Å². The van der Waals surface area contributed by atoms with E-state index in [1.54, 1.807) is 0 Å². The summed E-state index contributed by atoms with van der Waals surface area (Å²) in [4.78, 5) is 14.8. The van der Waals surface area contributed by atoms with Gasteiger partial charge < -0.3 is 0 Å². The summed E-state index contributed by atoms with van der Waals surface area (Å²) in [5, 5.41) is 0. The van der Waals surface area contributed by atoms with Gasteiger partial charge in [-0.25, -0.2) is 0 Å². The molecular weight excluding hydrogens is 246 g/mol. The fourth-order valence-corrected chi connectivity index (χ4v) is 5.92. The van der Waals surface area contributed by atoms with Gasteiger partial charge >= 0.3 is 0 Å². The van der Waals surface area contributed by atoms with Crippen LogP contribution in [-0.4, -0.2) is 28.8 Å². The van der Waals surface area contributed by atoms with Crippen LogP contribution in [0.5, 0.6) is 0 Å². The van der Waals surface area contributed by atoms with Crippen molar-refractivity contribution < 1.29 is 4.79 Å². The van der Waals surface area contributed by atoms with Gasteiger partial charge in [-0.3, -0.25) is 9.69 Å². The van der Waals surface area contributed by atoms with Crippen molar-refractivity contribution in [3.8, 4) is 0 Å². The highest BCUT2D eigenvalue weighted by molar-refractivity contribution is 5.80. The number of carbonyl (C=O) groups excluding carboxylic acids is 1. The largest absolute Gasteiger partial charge is 0.300 e. The highest BCUT2D eigenvalue weighted by atomic mass is 16.1. The van der Waals surface area contributed by atoms with Gasteiger partial charge in [-0.1, -0.05) is 32.1 Å². The molecular formula is C18H29NO. The van der Waals surface area contributed by atoms with Crippen LogP contribution in [0.3, 0.4) is 0 Å². The topological polar surface area (TPSA) is 20.3 Å². The van der Waals surface area contributed by atoms with Crippen LogP contribution in [-0.2, 0) is 4.79 Å². The van der Waals surface area contributed by atoms with E-state index in [0.717, 1.165) is 30.7 Å². The molecule has 2 aliphatic heterocycles. The van der Waals surface area contributed by atoms with E-state index in [2.05, 4.69) is 4.90 Å². The number of ketones is 1. The lowest BCUT2D eigenvalue weighted by Crippen LogP contribution is -2.58. The summed E-state index contributed by atoms with van der Waals surface area (Å²) in [6.45, 7) is 0. The summed E-state index contributed by atoms with van der Waals surface area (Å²) in [6.07, 6.45) is 16.0. The van der Waals surface area contributed by atoms with Crippen molar-refractivity contribution in [1.29, 1.82) is 0 Å². The SMILES string of the molecule is O=C1C[C@H]2CCC[C@@H](C1)N2C1CC2CCCCC(C2)C1. The third kappa shape index (κ3) is 2.45. The molecule has 0 amide bonds. The quantitative estimate of drug-likeness (QED) is 0.722. The maximum absolute atomic E-state index is 11.9. The molecule has 2 aliphatic carbocycles. The predicted molar refractivity (Wildman–Crippen MR) is 80.6 cm³/mol. The van der Waals surface area contributed by atoms with Gasteiger partial charge in [0.25, 0.3) is 0 Å². The molecule has 20 heavy (non-hydrogen) atoms. The van der Waals surface area contributed by atoms with Gasteiger partial charge in [0.05, 0.1) is 0 Å². The fraction of sp³-hybridized carbons (Fsp3) is 0.944. The van der Waals surface area contributed by atoms with Crippen LogP contribution >= 0.6 is 0 Å². The zero-order valence-corrected chi connectivity index (χ0v) is 12.7. The Morgan fingerprint density at radius 1 is 0.700 bits per heavy atom. The number of fused-ring (bicyclic) bond motifs is 4. The second kappa shape index (κ2) is 5.44. The van der Waals surface area contributed by atoms with Gasteiger partial charge in [-0.2, -0.15) is 0 Å². The van der Waals surface area contributed by atoms with Gasteiger partial charge in [-0.05, 0) is 43.9 Å². The normalized spacial score (nSPS) is 46.0. The molecule has 2 unspecified atom stereocenters. The van der Waals surface area contributed by atoms with Crippen LogP contribution in [0, 0.1) is 11.8 Å². The second-order valence-electron chi connectivity index (χ2n) is 8.01. The number of rotatable bonds is 1. The molecule has 4 bridgehead atoms. The van der Waals surface area contributed by atoms with Gasteiger partial charge in [0.1, 0.15) is 5.78 Å². The minimum atomic E-state index is 0.546. The van der Waals surface area contributed by atoms with Crippen LogP contribution in [0.25, 0.3) is 0 Å². The maximum atomic E-state index is 11.9.